The molecule has 0 unspecified atom stereocenters. The van der Waals surface area contributed by atoms with E-state index in [1.165, 1.54) is 34.7 Å². The van der Waals surface area contributed by atoms with Crippen molar-refractivity contribution in [2.75, 3.05) is 13.2 Å². The Labute approximate surface area is 301 Å². The summed E-state index contributed by atoms with van der Waals surface area (Å²) in [5, 5.41) is 0. The second kappa shape index (κ2) is 24.0. The summed E-state index contributed by atoms with van der Waals surface area (Å²) in [5.74, 6) is 0. The molecule has 3 aliphatic carbocycles. The van der Waals surface area contributed by atoms with Crippen LogP contribution in [0.15, 0.2) is 121 Å². The Morgan fingerprint density at radius 1 is 0.304 bits per heavy atom. The van der Waals surface area contributed by atoms with Gasteiger partial charge in [-0.2, -0.15) is 21.9 Å². The van der Waals surface area contributed by atoms with Crippen LogP contribution in [-0.4, -0.2) is 19.4 Å². The van der Waals surface area contributed by atoms with E-state index in [-0.39, 0.29) is 26.2 Å². The molecule has 0 N–H and O–H groups in total. The van der Waals surface area contributed by atoms with Gasteiger partial charge >= 0.3 is 0 Å². The van der Waals surface area contributed by atoms with E-state index in [1.54, 1.807) is 0 Å². The van der Waals surface area contributed by atoms with Crippen LogP contribution in [0.5, 0.6) is 0 Å². The van der Waals surface area contributed by atoms with Crippen LogP contribution in [-0.2, 0) is 30.9 Å². The molecule has 8 rings (SSSR count). The van der Waals surface area contributed by atoms with Gasteiger partial charge < -0.3 is 4.74 Å². The zero-order valence-corrected chi connectivity index (χ0v) is 29.0. The fourth-order valence-electron chi connectivity index (χ4n) is 5.59. The zero-order valence-electron chi connectivity index (χ0n) is 26.5. The molecule has 0 atom stereocenters. The van der Waals surface area contributed by atoms with Gasteiger partial charge in [0.1, 0.15) is 6.15 Å². The number of rotatable bonds is 4. The van der Waals surface area contributed by atoms with E-state index in [2.05, 4.69) is 121 Å². The van der Waals surface area contributed by atoms with E-state index < -0.39 is 6.15 Å². The minimum absolute atomic E-state index is 0. The van der Waals surface area contributed by atoms with Gasteiger partial charge in [-0.3, -0.25) is 0 Å². The van der Waals surface area contributed by atoms with Crippen LogP contribution in [0.1, 0.15) is 12.8 Å². The number of benzene rings is 4. The van der Waals surface area contributed by atoms with E-state index in [9.17, 15) is 0 Å². The molecule has 4 fully saturated rings. The summed E-state index contributed by atoms with van der Waals surface area (Å²) in [6.45, 7) is 2.00. The normalized spacial score (nSPS) is 16.5. The van der Waals surface area contributed by atoms with Crippen LogP contribution >= 0.6 is 0 Å². The maximum absolute atomic E-state index is 4.94. The van der Waals surface area contributed by atoms with Gasteiger partial charge in [0.2, 0.25) is 0 Å². The van der Waals surface area contributed by atoms with Crippen molar-refractivity contribution in [2.45, 2.75) is 12.8 Å². The van der Waals surface area contributed by atoms with Crippen molar-refractivity contribution >= 4 is 28.0 Å². The first-order chi connectivity index (χ1) is 22.4. The summed E-state index contributed by atoms with van der Waals surface area (Å²) in [7, 11) is 0. The predicted octanol–water partition coefficient (Wildman–Crippen LogP) is 6.92. The van der Waals surface area contributed by atoms with E-state index in [0.717, 1.165) is 13.2 Å². The maximum atomic E-state index is 4.94. The van der Waals surface area contributed by atoms with E-state index >= 15 is 0 Å². The molecule has 1 aliphatic heterocycles. The second-order valence-corrected chi connectivity index (χ2v) is 10.7. The van der Waals surface area contributed by atoms with Crippen molar-refractivity contribution in [3.63, 3.8) is 0 Å². The Kier molecular flexibility index (Phi) is 20.0. The molecule has 0 bridgehead atoms. The van der Waals surface area contributed by atoms with Crippen molar-refractivity contribution in [2.24, 2.45) is 0 Å². The van der Waals surface area contributed by atoms with Gasteiger partial charge in [-0.1, -0.05) is 121 Å². The average molecular weight is 678 g/mol. The molecular weight excluding hydrogens is 635 g/mol. The Morgan fingerprint density at radius 3 is 0.652 bits per heavy atom. The summed E-state index contributed by atoms with van der Waals surface area (Å²) < 4.78 is 4.94. The summed E-state index contributed by atoms with van der Waals surface area (Å²) in [6, 6.07) is 43.5. The van der Waals surface area contributed by atoms with Crippen LogP contribution in [0.25, 0.3) is 0 Å². The Hall–Kier alpha value is -2.21. The number of hydrogen-bond donors (Lipinski definition) is 0. The first-order valence-electron chi connectivity index (χ1n) is 15.9. The van der Waals surface area contributed by atoms with Crippen molar-refractivity contribution in [3.8, 4) is 0 Å². The Balaban J connectivity index is 0.000000219. The van der Waals surface area contributed by atoms with Gasteiger partial charge in [0, 0.05) is 39.4 Å². The molecule has 1 heterocycles. The van der Waals surface area contributed by atoms with E-state index in [4.69, 9.17) is 4.74 Å². The smallest absolute Gasteiger partial charge is 0.108 e. The predicted molar refractivity (Wildman–Crippen MR) is 195 cm³/mol. The average Bonchev–Trinajstić information content (AvgIpc) is 3.97. The van der Waals surface area contributed by atoms with Gasteiger partial charge in [0.25, 0.3) is 0 Å². The molecule has 15 radical (unpaired) electrons. The van der Waals surface area contributed by atoms with Crippen molar-refractivity contribution in [1.82, 2.24) is 0 Å². The van der Waals surface area contributed by atoms with Crippen molar-refractivity contribution < 1.29 is 30.9 Å². The van der Waals surface area contributed by atoms with Gasteiger partial charge in [-0.25, -0.2) is 0 Å². The molecule has 0 aromatic heterocycles. The molecule has 0 spiro atoms. The molecule has 4 aromatic carbocycles. The quantitative estimate of drug-likeness (QED) is 0.213. The van der Waals surface area contributed by atoms with Crippen LogP contribution in [0, 0.1) is 96.3 Å². The van der Waals surface area contributed by atoms with Gasteiger partial charge in [0.15, 0.2) is 0 Å². The van der Waals surface area contributed by atoms with Crippen LogP contribution in [0.2, 0.25) is 0 Å². The van der Waals surface area contributed by atoms with Gasteiger partial charge in [-0.15, -0.1) is 0 Å². The number of ether oxygens (including phenoxy) is 1. The summed E-state index contributed by atoms with van der Waals surface area (Å²) >= 11 is 0. The summed E-state index contributed by atoms with van der Waals surface area (Å²) in [4.78, 5) is 0. The third-order valence-electron chi connectivity index (χ3n) is 7.69. The van der Waals surface area contributed by atoms with E-state index in [1.807, 2.05) is 96.3 Å². The van der Waals surface area contributed by atoms with Crippen molar-refractivity contribution in [1.29, 1.82) is 0 Å². The second-order valence-electron chi connectivity index (χ2n) is 10.7. The van der Waals surface area contributed by atoms with Crippen LogP contribution in [0.4, 0.5) is 0 Å². The molecule has 1 saturated heterocycles. The minimum atomic E-state index is -1.22. The summed E-state index contributed by atoms with van der Waals surface area (Å²) in [6.07, 6.45) is 31.3. The first kappa shape index (κ1) is 38.2. The zero-order chi connectivity index (χ0) is 31.1. The molecular formula is C43H43BOZr-. The van der Waals surface area contributed by atoms with Crippen LogP contribution in [0.3, 0.4) is 0 Å². The van der Waals surface area contributed by atoms with Gasteiger partial charge in [-0.05, 0) is 109 Å². The first-order valence-corrected chi connectivity index (χ1v) is 15.9. The Morgan fingerprint density at radius 2 is 0.500 bits per heavy atom. The minimum Gasteiger partial charge on any atom is -0.381 e. The molecule has 4 aromatic rings. The fraction of sp³-hybridized carbons (Fsp3) is 0.0930. The fourth-order valence-corrected chi connectivity index (χ4v) is 5.59. The number of hydrogen-bond acceptors (Lipinski definition) is 1. The van der Waals surface area contributed by atoms with Crippen molar-refractivity contribution in [3.05, 3.63) is 218 Å². The topological polar surface area (TPSA) is 9.23 Å². The molecule has 3 heteroatoms. The monoisotopic (exact) mass is 676 g/mol. The SMILES string of the molecule is C1CCOC1.[CH]1[CH][CH][CH][CH]1.[CH]1[CH][CH][CH][CH]1.[CH]1[CH][CH][CH][CH]1.[Zr].c1ccc([B-](c2ccccc2)(c2ccccc2)c2ccccc2)cc1. The largest absolute Gasteiger partial charge is 0.381 e. The molecule has 229 valence electrons. The standard InChI is InChI=1S/C24H20B.3C5H5.C4H8O.Zr/c1-5-13-21(14-6-1)25(22-15-7-2-8-16-22,23-17-9-3-10-18-23)24-19-11-4-12-20-24;4*1-2-4-5-3-1;/h1-20H;3*1-5H;1-4H2;/q-1;;;;;. The molecule has 1 nitrogen and oxygen atoms in total. The van der Waals surface area contributed by atoms with E-state index in [0.29, 0.717) is 0 Å². The van der Waals surface area contributed by atoms with Crippen LogP contribution < -0.4 is 21.9 Å². The molecule has 3 saturated carbocycles. The maximum Gasteiger partial charge on any atom is 0.108 e. The third kappa shape index (κ3) is 12.8. The van der Waals surface area contributed by atoms with Gasteiger partial charge in [0.05, 0.1) is 0 Å². The molecule has 46 heavy (non-hydrogen) atoms. The third-order valence-corrected chi connectivity index (χ3v) is 7.69. The molecule has 0 amide bonds. The molecule has 4 aliphatic rings. The summed E-state index contributed by atoms with van der Waals surface area (Å²) in [5.41, 5.74) is 5.36. The Bertz CT molecular complexity index is 999.